The number of carbonyl (C=O) groups is 1. The molecule has 6 nitrogen and oxygen atoms in total. The number of aromatic hydroxyl groups is 1. The van der Waals surface area contributed by atoms with Crippen molar-refractivity contribution in [3.8, 4) is 17.2 Å². The van der Waals surface area contributed by atoms with E-state index < -0.39 is 0 Å². The molecular weight excluding hydrogens is 518 g/mol. The lowest BCUT2D eigenvalue weighted by Gasteiger charge is -2.02. The molecule has 10 heteroatoms. The number of unbranched alkanes of at least 4 members (excludes halogenated alkanes) is 2. The van der Waals surface area contributed by atoms with Crippen LogP contribution in [-0.2, 0) is 16.1 Å². The molecule has 162 valence electrons. The number of aryl methyl sites for hydroxylation is 1. The molecule has 0 fully saturated rings. The van der Waals surface area contributed by atoms with Crippen LogP contribution >= 0.6 is 34.8 Å². The van der Waals surface area contributed by atoms with Gasteiger partial charge in [0.25, 0.3) is 0 Å². The number of phenolic OH excluding ortho intramolecular Hbond substituents is 1. The lowest BCUT2D eigenvalue weighted by atomic mass is 10.2. The van der Waals surface area contributed by atoms with Gasteiger partial charge in [0.2, 0.25) is 5.89 Å². The van der Waals surface area contributed by atoms with Crippen molar-refractivity contribution in [2.75, 3.05) is 6.61 Å². The third-order valence-corrected chi connectivity index (χ3v) is 5.29. The fourth-order valence-electron chi connectivity index (χ4n) is 2.90. The molecule has 0 amide bonds. The van der Waals surface area contributed by atoms with Crippen LogP contribution in [0.25, 0.3) is 22.6 Å². The van der Waals surface area contributed by atoms with Crippen LogP contribution in [0.5, 0.6) is 5.75 Å². The third-order valence-electron chi connectivity index (χ3n) is 4.35. The molecule has 30 heavy (non-hydrogen) atoms. The first-order chi connectivity index (χ1) is 13.9. The van der Waals surface area contributed by atoms with E-state index in [-0.39, 0.29) is 50.2 Å². The SMILES string of the molecule is CCOC(=O)CCCCC[n+]1ccc(-c2nc3cc(Cl)c(O)c(Cl)c3o2)c(Cl)c1.[Br-]. The highest BCUT2D eigenvalue weighted by molar-refractivity contribution is 6.40. The first-order valence-electron chi connectivity index (χ1n) is 9.22. The molecular formula is C20H20BrCl3N2O4. The van der Waals surface area contributed by atoms with Crippen molar-refractivity contribution < 1.29 is 40.6 Å². The van der Waals surface area contributed by atoms with E-state index in [1.807, 2.05) is 10.8 Å². The van der Waals surface area contributed by atoms with Crippen molar-refractivity contribution in [2.45, 2.75) is 39.2 Å². The lowest BCUT2D eigenvalue weighted by molar-refractivity contribution is -0.697. The number of esters is 1. The Morgan fingerprint density at radius 1 is 1.23 bits per heavy atom. The van der Waals surface area contributed by atoms with Crippen molar-refractivity contribution >= 4 is 51.9 Å². The van der Waals surface area contributed by atoms with Gasteiger partial charge in [-0.15, -0.1) is 0 Å². The Balaban J connectivity index is 0.00000320. The summed E-state index contributed by atoms with van der Waals surface area (Å²) in [5.74, 6) is -0.112. The number of nitrogens with zero attached hydrogens (tertiary/aromatic N) is 2. The minimum absolute atomic E-state index is 0. The Morgan fingerprint density at radius 2 is 2.00 bits per heavy atom. The van der Waals surface area contributed by atoms with Gasteiger partial charge in [-0.05, 0) is 25.8 Å². The highest BCUT2D eigenvalue weighted by atomic mass is 79.9. The summed E-state index contributed by atoms with van der Waals surface area (Å²) in [5.41, 5.74) is 1.29. The van der Waals surface area contributed by atoms with Crippen LogP contribution in [0.15, 0.2) is 28.9 Å². The quantitative estimate of drug-likeness (QED) is 0.271. The maximum Gasteiger partial charge on any atom is 0.305 e. The number of carbonyl (C=O) groups excluding carboxylic acids is 1. The number of fused-ring (bicyclic) bond motifs is 1. The number of phenols is 1. The van der Waals surface area contributed by atoms with Gasteiger partial charge >= 0.3 is 5.97 Å². The standard InChI is InChI=1S/C20H19Cl3N2O4.BrH/c1-2-28-16(26)6-4-3-5-8-25-9-7-12(14(22)11-25)20-24-15-10-13(21)18(27)17(23)19(15)29-20;/h7,9-11H,2-6,8H2,1H3;1H. The first-order valence-corrected chi connectivity index (χ1v) is 10.4. The molecule has 0 bridgehead atoms. The van der Waals surface area contributed by atoms with E-state index in [4.69, 9.17) is 44.0 Å². The summed E-state index contributed by atoms with van der Waals surface area (Å²) < 4.78 is 12.6. The number of ether oxygens (including phenoxy) is 1. The summed E-state index contributed by atoms with van der Waals surface area (Å²) in [5, 5.41) is 10.4. The summed E-state index contributed by atoms with van der Waals surface area (Å²) >= 11 is 18.4. The molecule has 1 aromatic carbocycles. The molecule has 0 aliphatic heterocycles. The number of rotatable bonds is 8. The minimum Gasteiger partial charge on any atom is -1.00 e. The molecule has 0 saturated heterocycles. The Bertz CT molecular complexity index is 1040. The molecule has 2 aromatic heterocycles. The second kappa shape index (κ2) is 11.2. The zero-order chi connectivity index (χ0) is 21.0. The molecule has 3 rings (SSSR count). The smallest absolute Gasteiger partial charge is 0.305 e. The van der Waals surface area contributed by atoms with Gasteiger partial charge in [-0.3, -0.25) is 4.79 Å². The van der Waals surface area contributed by atoms with Gasteiger partial charge in [-0.1, -0.05) is 34.8 Å². The van der Waals surface area contributed by atoms with E-state index in [0.717, 1.165) is 25.8 Å². The van der Waals surface area contributed by atoms with E-state index in [1.165, 1.54) is 6.07 Å². The minimum atomic E-state index is -0.247. The van der Waals surface area contributed by atoms with Crippen molar-refractivity contribution in [1.82, 2.24) is 4.98 Å². The largest absolute Gasteiger partial charge is 1.00 e. The fourth-order valence-corrected chi connectivity index (χ4v) is 3.65. The van der Waals surface area contributed by atoms with Gasteiger partial charge < -0.3 is 31.2 Å². The zero-order valence-corrected chi connectivity index (χ0v) is 20.0. The highest BCUT2D eigenvalue weighted by Gasteiger charge is 2.19. The maximum absolute atomic E-state index is 11.3. The van der Waals surface area contributed by atoms with Crippen LogP contribution in [0, 0.1) is 0 Å². The molecule has 0 aliphatic carbocycles. The van der Waals surface area contributed by atoms with Crippen molar-refractivity contribution in [3.05, 3.63) is 39.6 Å². The van der Waals surface area contributed by atoms with Gasteiger partial charge in [0.1, 0.15) is 22.1 Å². The van der Waals surface area contributed by atoms with Crippen LogP contribution in [0.1, 0.15) is 32.6 Å². The van der Waals surface area contributed by atoms with Crippen molar-refractivity contribution in [1.29, 1.82) is 0 Å². The van der Waals surface area contributed by atoms with Crippen LogP contribution in [0.4, 0.5) is 0 Å². The number of halogens is 4. The fraction of sp³-hybridized carbons (Fsp3) is 0.350. The molecule has 0 atom stereocenters. The molecule has 0 radical (unpaired) electrons. The topological polar surface area (TPSA) is 76.4 Å². The normalized spacial score (nSPS) is 10.8. The van der Waals surface area contributed by atoms with Crippen LogP contribution in [0.2, 0.25) is 15.1 Å². The predicted molar refractivity (Wildman–Crippen MR) is 111 cm³/mol. The van der Waals surface area contributed by atoms with E-state index in [9.17, 15) is 9.90 Å². The van der Waals surface area contributed by atoms with Crippen LogP contribution < -0.4 is 21.5 Å². The second-order valence-electron chi connectivity index (χ2n) is 6.45. The zero-order valence-electron chi connectivity index (χ0n) is 16.1. The highest BCUT2D eigenvalue weighted by Crippen LogP contribution is 2.40. The van der Waals surface area contributed by atoms with Crippen LogP contribution in [-0.4, -0.2) is 22.7 Å². The van der Waals surface area contributed by atoms with E-state index in [0.29, 0.717) is 29.1 Å². The van der Waals surface area contributed by atoms with Gasteiger partial charge in [0.15, 0.2) is 23.7 Å². The monoisotopic (exact) mass is 536 g/mol. The molecule has 0 saturated carbocycles. The Kier molecular flexibility index (Phi) is 9.22. The molecule has 1 N–H and O–H groups in total. The summed E-state index contributed by atoms with van der Waals surface area (Å²) in [6, 6.07) is 3.29. The Morgan fingerprint density at radius 3 is 2.70 bits per heavy atom. The van der Waals surface area contributed by atoms with Crippen LogP contribution in [0.3, 0.4) is 0 Å². The van der Waals surface area contributed by atoms with E-state index in [1.54, 1.807) is 19.2 Å². The maximum atomic E-state index is 11.3. The molecule has 3 aromatic rings. The van der Waals surface area contributed by atoms with E-state index >= 15 is 0 Å². The first kappa shape index (κ1) is 24.7. The molecule has 0 unspecified atom stereocenters. The molecule has 0 aliphatic rings. The van der Waals surface area contributed by atoms with Gasteiger partial charge in [0.05, 0.1) is 17.2 Å². The van der Waals surface area contributed by atoms with E-state index in [2.05, 4.69) is 4.98 Å². The summed E-state index contributed by atoms with van der Waals surface area (Å²) in [6.07, 6.45) is 6.74. The van der Waals surface area contributed by atoms with Gasteiger partial charge in [-0.25, -0.2) is 9.55 Å². The lowest BCUT2D eigenvalue weighted by Crippen LogP contribution is -3.00. The predicted octanol–water partition coefficient (Wildman–Crippen LogP) is 2.58. The summed E-state index contributed by atoms with van der Waals surface area (Å²) in [7, 11) is 0. The summed E-state index contributed by atoms with van der Waals surface area (Å²) in [6.45, 7) is 2.99. The summed E-state index contributed by atoms with van der Waals surface area (Å²) in [4.78, 5) is 15.7. The molecule has 2 heterocycles. The van der Waals surface area contributed by atoms with Gasteiger partial charge in [-0.2, -0.15) is 0 Å². The number of hydrogen-bond donors (Lipinski definition) is 1. The number of aromatic nitrogens is 2. The average Bonchev–Trinajstić information content (AvgIpc) is 3.10. The number of hydrogen-bond acceptors (Lipinski definition) is 5. The number of benzene rings is 1. The van der Waals surface area contributed by atoms with Crippen molar-refractivity contribution in [2.24, 2.45) is 0 Å². The van der Waals surface area contributed by atoms with Crippen molar-refractivity contribution in [3.63, 3.8) is 0 Å². The Hall–Kier alpha value is -1.54. The average molecular weight is 539 g/mol. The van der Waals surface area contributed by atoms with Gasteiger partial charge in [0, 0.05) is 18.9 Å². The second-order valence-corrected chi connectivity index (χ2v) is 7.64. The Labute approximate surface area is 199 Å². The number of oxazole rings is 1. The number of pyridine rings is 1. The molecule has 0 spiro atoms. The third kappa shape index (κ3) is 5.78.